The second-order valence-electron chi connectivity index (χ2n) is 11.5. The van der Waals surface area contributed by atoms with Crippen LogP contribution in [0, 0.1) is 23.6 Å². The van der Waals surface area contributed by atoms with Gasteiger partial charge in [-0.25, -0.2) is 18.9 Å². The van der Waals surface area contributed by atoms with E-state index in [0.29, 0.717) is 41.1 Å². The van der Waals surface area contributed by atoms with Crippen LogP contribution in [0.2, 0.25) is 0 Å². The van der Waals surface area contributed by atoms with Crippen molar-refractivity contribution in [3.8, 4) is 28.2 Å². The fourth-order valence-corrected chi connectivity index (χ4v) is 7.69. The summed E-state index contributed by atoms with van der Waals surface area (Å²) in [7, 11) is 0. The number of nitrogens with zero attached hydrogens (tertiary/aromatic N) is 3. The lowest BCUT2D eigenvalue weighted by Crippen LogP contribution is -2.14. The normalized spacial score (nSPS) is 15.1. The number of aromatic carboxylic acids is 1. The average molecular weight is 657 g/mol. The van der Waals surface area contributed by atoms with Crippen LogP contribution in [0.5, 0.6) is 0 Å². The third kappa shape index (κ3) is 6.76. The number of benzene rings is 2. The van der Waals surface area contributed by atoms with Crippen LogP contribution in [0.25, 0.3) is 16.4 Å². The third-order valence-electron chi connectivity index (χ3n) is 8.14. The zero-order valence-electron chi connectivity index (χ0n) is 24.2. The molecule has 7 nitrogen and oxygen atoms in total. The maximum absolute atomic E-state index is 14.9. The highest BCUT2D eigenvalue weighted by Gasteiger charge is 2.27. The lowest BCUT2D eigenvalue weighted by atomic mass is 9.96. The van der Waals surface area contributed by atoms with E-state index in [9.17, 15) is 18.8 Å². The van der Waals surface area contributed by atoms with Crippen LogP contribution >= 0.6 is 22.7 Å². The molecular formula is C34H29FN4O3S3. The minimum atomic E-state index is -1.93. The lowest BCUT2D eigenvalue weighted by molar-refractivity contribution is 0.0691. The molecule has 2 aliphatic rings. The molecule has 0 spiro atoms. The number of carboxylic acids is 1. The number of nitrogens with two attached hydrogens (primary N) is 1. The van der Waals surface area contributed by atoms with E-state index < -0.39 is 23.1 Å². The van der Waals surface area contributed by atoms with Gasteiger partial charge in [0.2, 0.25) is 10.0 Å². The van der Waals surface area contributed by atoms with Crippen molar-refractivity contribution in [3.05, 3.63) is 104 Å². The predicted molar refractivity (Wildman–Crippen MR) is 175 cm³/mol. The molecule has 11 heteroatoms. The molecule has 2 aliphatic carbocycles. The van der Waals surface area contributed by atoms with Crippen LogP contribution in [0.3, 0.4) is 0 Å². The van der Waals surface area contributed by atoms with E-state index in [1.807, 2.05) is 24.3 Å². The van der Waals surface area contributed by atoms with Gasteiger partial charge >= 0.3 is 5.97 Å². The van der Waals surface area contributed by atoms with Crippen molar-refractivity contribution in [2.45, 2.75) is 55.8 Å². The number of thiazole rings is 1. The van der Waals surface area contributed by atoms with Crippen molar-refractivity contribution >= 4 is 40.0 Å². The third-order valence-corrected chi connectivity index (χ3v) is 10.9. The summed E-state index contributed by atoms with van der Waals surface area (Å²) in [5.74, 6) is 6.25. The van der Waals surface area contributed by atoms with E-state index in [0.717, 1.165) is 33.7 Å². The van der Waals surface area contributed by atoms with E-state index in [2.05, 4.69) is 29.0 Å². The molecule has 0 bridgehead atoms. The largest absolute Gasteiger partial charge is 0.593 e. The molecule has 0 aliphatic heterocycles. The molecule has 7 rings (SSSR count). The molecule has 0 amide bonds. The zero-order chi connectivity index (χ0) is 31.1. The van der Waals surface area contributed by atoms with Crippen LogP contribution in [0.15, 0.2) is 64.9 Å². The van der Waals surface area contributed by atoms with Crippen LogP contribution in [0.1, 0.15) is 80.6 Å². The van der Waals surface area contributed by atoms with Crippen molar-refractivity contribution in [1.82, 2.24) is 14.8 Å². The zero-order valence-corrected chi connectivity index (χ0v) is 26.6. The first kappa shape index (κ1) is 29.9. The number of halogens is 1. The van der Waals surface area contributed by atoms with Gasteiger partial charge in [0.25, 0.3) is 0 Å². The molecule has 5 aromatic rings. The van der Waals surface area contributed by atoms with Crippen molar-refractivity contribution in [3.63, 3.8) is 0 Å². The average Bonchev–Trinajstić information content (AvgIpc) is 3.91. The monoisotopic (exact) mass is 656 g/mol. The Morgan fingerprint density at radius 2 is 1.98 bits per heavy atom. The molecule has 2 fully saturated rings. The van der Waals surface area contributed by atoms with Gasteiger partial charge in [-0.1, -0.05) is 42.9 Å². The van der Waals surface area contributed by atoms with Gasteiger partial charge in [0, 0.05) is 33.4 Å². The Morgan fingerprint density at radius 1 is 1.13 bits per heavy atom. The minimum Gasteiger partial charge on any atom is -0.593 e. The van der Waals surface area contributed by atoms with E-state index in [1.165, 1.54) is 59.4 Å². The summed E-state index contributed by atoms with van der Waals surface area (Å²) in [4.78, 5) is 18.4. The van der Waals surface area contributed by atoms with Gasteiger partial charge in [-0.15, -0.1) is 27.8 Å². The number of aromatic nitrogens is 3. The highest BCUT2D eigenvalue weighted by molar-refractivity contribution is 7.89. The Labute approximate surface area is 271 Å². The molecular weight excluding hydrogens is 628 g/mol. The van der Waals surface area contributed by atoms with Gasteiger partial charge in [-0.3, -0.25) is 0 Å². The summed E-state index contributed by atoms with van der Waals surface area (Å²) >= 11 is 1.05. The standard InChI is InChI=1S/C34H29FN4O3S3/c35-27-18-22(8-15-31(27)45(36)42)17-26-29(13-7-20-4-5-20)39(34-37-28(19-43-34)33(40)41)38-32(26)24-3-1-2-21(16-24)6-11-25-12-14-30(44-25)23-9-10-23/h1-3,8,12,14-16,18-20,23H,4-5,7,9-10,13,17,36H2,(H,40,41). The minimum absolute atomic E-state index is 0.0371. The summed E-state index contributed by atoms with van der Waals surface area (Å²) in [5, 5.41) is 22.0. The second-order valence-corrected chi connectivity index (χ2v) is 14.5. The molecule has 228 valence electrons. The highest BCUT2D eigenvalue weighted by Crippen LogP contribution is 2.43. The van der Waals surface area contributed by atoms with Gasteiger partial charge in [0.1, 0.15) is 0 Å². The summed E-state index contributed by atoms with van der Waals surface area (Å²) in [6.07, 6.45) is 6.92. The van der Waals surface area contributed by atoms with E-state index in [4.69, 9.17) is 10.2 Å². The summed E-state index contributed by atoms with van der Waals surface area (Å²) in [6, 6.07) is 16.7. The van der Waals surface area contributed by atoms with Gasteiger partial charge < -0.3 is 9.66 Å². The Balaban J connectivity index is 1.31. The van der Waals surface area contributed by atoms with Crippen LogP contribution in [-0.2, 0) is 24.2 Å². The Bertz CT molecular complexity index is 1960. The van der Waals surface area contributed by atoms with Crippen molar-refractivity contribution in [1.29, 1.82) is 0 Å². The molecule has 3 heterocycles. The molecule has 3 N–H and O–H groups in total. The highest BCUT2D eigenvalue weighted by atomic mass is 32.2. The number of carbonyl (C=O) groups is 1. The molecule has 1 atom stereocenters. The van der Waals surface area contributed by atoms with Gasteiger partial charge in [-0.05, 0) is 79.5 Å². The van der Waals surface area contributed by atoms with Gasteiger partial charge in [-0.2, -0.15) is 5.10 Å². The van der Waals surface area contributed by atoms with E-state index in [-0.39, 0.29) is 10.6 Å². The summed E-state index contributed by atoms with van der Waals surface area (Å²) < 4.78 is 28.4. The molecule has 0 saturated heterocycles. The number of carboxylic acid groups (broad SMARTS) is 1. The summed E-state index contributed by atoms with van der Waals surface area (Å²) in [5.41, 5.74) is 4.86. The molecule has 45 heavy (non-hydrogen) atoms. The topological polar surface area (TPSA) is 117 Å². The van der Waals surface area contributed by atoms with Crippen molar-refractivity contribution in [2.75, 3.05) is 0 Å². The van der Waals surface area contributed by atoms with Crippen LogP contribution < -0.4 is 5.14 Å². The number of thiophene rings is 1. The Morgan fingerprint density at radius 3 is 2.69 bits per heavy atom. The molecule has 2 saturated carbocycles. The SMILES string of the molecule is N[S+]([O-])c1ccc(Cc2c(-c3cccc(C#Cc4ccc(C5CC5)s4)c3)nn(-c3nc(C(=O)O)cs3)c2CCC2CC2)cc1F. The predicted octanol–water partition coefficient (Wildman–Crippen LogP) is 7.09. The number of hydrogen-bond acceptors (Lipinski definition) is 7. The van der Waals surface area contributed by atoms with Crippen LogP contribution in [0.4, 0.5) is 4.39 Å². The fourth-order valence-electron chi connectivity index (χ4n) is 5.43. The maximum Gasteiger partial charge on any atom is 0.355 e. The first-order valence-corrected chi connectivity index (χ1v) is 17.7. The fraction of sp³-hybridized carbons (Fsp3) is 0.265. The lowest BCUT2D eigenvalue weighted by Gasteiger charge is -2.10. The van der Waals surface area contributed by atoms with Crippen molar-refractivity contribution < 1.29 is 18.8 Å². The summed E-state index contributed by atoms with van der Waals surface area (Å²) in [6.45, 7) is 0. The van der Waals surface area contributed by atoms with E-state index in [1.54, 1.807) is 22.1 Å². The smallest absolute Gasteiger partial charge is 0.355 e. The van der Waals surface area contributed by atoms with Crippen LogP contribution in [-0.4, -0.2) is 30.4 Å². The molecule has 3 aromatic heterocycles. The quantitative estimate of drug-likeness (QED) is 0.123. The molecule has 1 unspecified atom stereocenters. The first-order chi connectivity index (χ1) is 21.8. The Kier molecular flexibility index (Phi) is 8.33. The van der Waals surface area contributed by atoms with E-state index >= 15 is 0 Å². The molecule has 0 radical (unpaired) electrons. The van der Waals surface area contributed by atoms with Crippen molar-refractivity contribution in [2.24, 2.45) is 11.1 Å². The second kappa shape index (κ2) is 12.5. The van der Waals surface area contributed by atoms with Gasteiger partial charge in [0.05, 0.1) is 27.6 Å². The maximum atomic E-state index is 14.9. The molecule has 2 aromatic carbocycles. The Hall–Kier alpha value is -3.79. The number of hydrogen-bond donors (Lipinski definition) is 2. The van der Waals surface area contributed by atoms with Gasteiger partial charge in [0.15, 0.2) is 11.5 Å². The number of rotatable bonds is 10. The first-order valence-electron chi connectivity index (χ1n) is 14.8.